The van der Waals surface area contributed by atoms with Crippen molar-refractivity contribution in [2.45, 2.75) is 65.2 Å². The van der Waals surface area contributed by atoms with Gasteiger partial charge in [0.05, 0.1) is 0 Å². The van der Waals surface area contributed by atoms with E-state index in [2.05, 4.69) is 48.7 Å². The summed E-state index contributed by atoms with van der Waals surface area (Å²) in [5, 5.41) is 5.85. The molecule has 2 N–H and O–H groups in total. The summed E-state index contributed by atoms with van der Waals surface area (Å²) in [6, 6.07) is 22.7. The lowest BCUT2D eigenvalue weighted by atomic mass is 10.1. The summed E-state index contributed by atoms with van der Waals surface area (Å²) in [6.45, 7) is 4.40. The maximum Gasteiger partial charge on any atom is 0.255 e. The van der Waals surface area contributed by atoms with Gasteiger partial charge >= 0.3 is 0 Å². The number of nitrogens with one attached hydrogen (secondary N) is 2. The molecule has 0 radical (unpaired) electrons. The van der Waals surface area contributed by atoms with E-state index in [4.69, 9.17) is 0 Å². The molecule has 0 aliphatic heterocycles. The average molecular weight is 457 g/mol. The first-order valence-electron chi connectivity index (χ1n) is 12.5. The molecule has 0 aromatic heterocycles. The lowest BCUT2D eigenvalue weighted by Gasteiger charge is -2.09. The van der Waals surface area contributed by atoms with Crippen molar-refractivity contribution in [3.63, 3.8) is 0 Å². The van der Waals surface area contributed by atoms with Gasteiger partial charge in [0, 0.05) is 22.5 Å². The Kier molecular flexibility index (Phi) is 9.90. The minimum Gasteiger partial charge on any atom is -0.322 e. The first-order valence-corrected chi connectivity index (χ1v) is 12.5. The molecule has 0 unspecified atom stereocenters. The van der Waals surface area contributed by atoms with Crippen molar-refractivity contribution in [2.75, 3.05) is 10.6 Å². The number of anilines is 2. The molecule has 0 spiro atoms. The Bertz CT molecular complexity index is 952. The Morgan fingerprint density at radius 3 is 1.21 bits per heavy atom. The smallest absolute Gasteiger partial charge is 0.255 e. The standard InChI is InChI=1S/C30H36N2O2/c1-3-5-7-9-23-11-19-27(20-12-23)31-29(33)25-15-17-26(18-16-25)30(34)32-28-21-13-24(14-22-28)10-8-6-4-2/h11-22H,3-10H2,1-2H3,(H,31,33)(H,32,34). The van der Waals surface area contributed by atoms with Crippen LogP contribution >= 0.6 is 0 Å². The van der Waals surface area contributed by atoms with Crippen LogP contribution in [-0.2, 0) is 12.8 Å². The Balaban J connectivity index is 1.51. The number of carbonyl (C=O) groups is 2. The first-order chi connectivity index (χ1) is 16.6. The Labute approximate surface area is 203 Å². The van der Waals surface area contributed by atoms with Gasteiger partial charge in [0.25, 0.3) is 11.8 Å². The highest BCUT2D eigenvalue weighted by molar-refractivity contribution is 6.07. The molecule has 0 heterocycles. The van der Waals surface area contributed by atoms with Crippen LogP contribution in [0.4, 0.5) is 11.4 Å². The summed E-state index contributed by atoms with van der Waals surface area (Å²) in [6.07, 6.45) is 9.39. The van der Waals surface area contributed by atoms with E-state index in [1.54, 1.807) is 24.3 Å². The van der Waals surface area contributed by atoms with E-state index in [0.717, 1.165) is 24.2 Å². The van der Waals surface area contributed by atoms with Crippen molar-refractivity contribution in [3.8, 4) is 0 Å². The third-order valence-electron chi connectivity index (χ3n) is 5.97. The normalized spacial score (nSPS) is 10.6. The van der Waals surface area contributed by atoms with Crippen LogP contribution in [0.2, 0.25) is 0 Å². The van der Waals surface area contributed by atoms with E-state index < -0.39 is 0 Å². The van der Waals surface area contributed by atoms with E-state index in [9.17, 15) is 9.59 Å². The zero-order valence-electron chi connectivity index (χ0n) is 20.4. The summed E-state index contributed by atoms with van der Waals surface area (Å²) in [5.74, 6) is -0.381. The highest BCUT2D eigenvalue weighted by Gasteiger charge is 2.10. The minimum absolute atomic E-state index is 0.190. The SMILES string of the molecule is CCCCCc1ccc(NC(=O)c2ccc(C(=O)Nc3ccc(CCCCC)cc3)cc2)cc1. The van der Waals surface area contributed by atoms with Gasteiger partial charge in [0.2, 0.25) is 0 Å². The fraction of sp³-hybridized carbons (Fsp3) is 0.333. The highest BCUT2D eigenvalue weighted by atomic mass is 16.2. The molecule has 0 atom stereocenters. The molecular formula is C30H36N2O2. The second kappa shape index (κ2) is 13.3. The number of hydrogen-bond acceptors (Lipinski definition) is 2. The average Bonchev–Trinajstić information content (AvgIpc) is 2.86. The second-order valence-corrected chi connectivity index (χ2v) is 8.79. The van der Waals surface area contributed by atoms with Crippen LogP contribution in [-0.4, -0.2) is 11.8 Å². The van der Waals surface area contributed by atoms with Crippen molar-refractivity contribution in [1.29, 1.82) is 0 Å². The first kappa shape index (κ1) is 25.2. The molecule has 0 aliphatic carbocycles. The van der Waals surface area contributed by atoms with E-state index in [1.807, 2.05) is 24.3 Å². The highest BCUT2D eigenvalue weighted by Crippen LogP contribution is 2.16. The van der Waals surface area contributed by atoms with Crippen LogP contribution in [0.5, 0.6) is 0 Å². The molecule has 3 rings (SSSR count). The van der Waals surface area contributed by atoms with Gasteiger partial charge < -0.3 is 10.6 Å². The number of benzene rings is 3. The Hall–Kier alpha value is -3.40. The van der Waals surface area contributed by atoms with Gasteiger partial charge in [0.15, 0.2) is 0 Å². The zero-order chi connectivity index (χ0) is 24.2. The lowest BCUT2D eigenvalue weighted by molar-refractivity contribution is 0.101. The third-order valence-corrected chi connectivity index (χ3v) is 5.97. The Morgan fingerprint density at radius 1 is 0.529 bits per heavy atom. The van der Waals surface area contributed by atoms with Gasteiger partial charge in [-0.2, -0.15) is 0 Å². The van der Waals surface area contributed by atoms with Crippen molar-refractivity contribution in [3.05, 3.63) is 95.1 Å². The number of rotatable bonds is 12. The number of unbranched alkanes of at least 4 members (excludes halogenated alkanes) is 4. The lowest BCUT2D eigenvalue weighted by Crippen LogP contribution is -2.14. The number of hydrogen-bond donors (Lipinski definition) is 2. The van der Waals surface area contributed by atoms with Gasteiger partial charge in [-0.05, 0) is 85.3 Å². The monoisotopic (exact) mass is 456 g/mol. The predicted molar refractivity (Wildman–Crippen MR) is 142 cm³/mol. The van der Waals surface area contributed by atoms with Crippen molar-refractivity contribution in [1.82, 2.24) is 0 Å². The summed E-state index contributed by atoms with van der Waals surface area (Å²) >= 11 is 0. The molecule has 178 valence electrons. The van der Waals surface area contributed by atoms with Gasteiger partial charge in [-0.1, -0.05) is 63.8 Å². The van der Waals surface area contributed by atoms with Gasteiger partial charge in [-0.25, -0.2) is 0 Å². The molecule has 3 aromatic carbocycles. The molecule has 0 aliphatic rings. The maximum atomic E-state index is 12.6. The topological polar surface area (TPSA) is 58.2 Å². The largest absolute Gasteiger partial charge is 0.322 e. The Morgan fingerprint density at radius 2 is 0.882 bits per heavy atom. The number of carbonyl (C=O) groups excluding carboxylic acids is 2. The van der Waals surface area contributed by atoms with Gasteiger partial charge in [0.1, 0.15) is 0 Å². The second-order valence-electron chi connectivity index (χ2n) is 8.79. The van der Waals surface area contributed by atoms with Crippen LogP contribution < -0.4 is 10.6 Å². The quantitative estimate of drug-likeness (QED) is 0.275. The van der Waals surface area contributed by atoms with E-state index in [1.165, 1.54) is 49.7 Å². The molecule has 0 saturated carbocycles. The van der Waals surface area contributed by atoms with Crippen LogP contribution in [0, 0.1) is 0 Å². The van der Waals surface area contributed by atoms with E-state index in [0.29, 0.717) is 11.1 Å². The number of amides is 2. The molecule has 0 bridgehead atoms. The summed E-state index contributed by atoms with van der Waals surface area (Å²) in [5.41, 5.74) is 5.13. The molecule has 2 amide bonds. The maximum absolute atomic E-state index is 12.6. The van der Waals surface area contributed by atoms with Crippen molar-refractivity contribution >= 4 is 23.2 Å². The van der Waals surface area contributed by atoms with Crippen LogP contribution in [0.15, 0.2) is 72.8 Å². The van der Waals surface area contributed by atoms with Gasteiger partial charge in [-0.15, -0.1) is 0 Å². The summed E-state index contributed by atoms with van der Waals surface area (Å²) in [4.78, 5) is 25.2. The minimum atomic E-state index is -0.190. The van der Waals surface area contributed by atoms with E-state index >= 15 is 0 Å². The molecule has 4 heteroatoms. The number of aryl methyl sites for hydroxylation is 2. The summed E-state index contributed by atoms with van der Waals surface area (Å²) in [7, 11) is 0. The molecule has 34 heavy (non-hydrogen) atoms. The van der Waals surface area contributed by atoms with Crippen molar-refractivity contribution in [2.24, 2.45) is 0 Å². The molecule has 0 fully saturated rings. The molecule has 3 aromatic rings. The van der Waals surface area contributed by atoms with Crippen LogP contribution in [0.3, 0.4) is 0 Å². The van der Waals surface area contributed by atoms with Crippen LogP contribution in [0.25, 0.3) is 0 Å². The van der Waals surface area contributed by atoms with Crippen LogP contribution in [0.1, 0.15) is 84.2 Å². The molecule has 4 nitrogen and oxygen atoms in total. The molecular weight excluding hydrogens is 420 g/mol. The summed E-state index contributed by atoms with van der Waals surface area (Å²) < 4.78 is 0. The fourth-order valence-corrected chi connectivity index (χ4v) is 3.85. The fourth-order valence-electron chi connectivity index (χ4n) is 3.85. The predicted octanol–water partition coefficient (Wildman–Crippen LogP) is 7.66. The molecule has 0 saturated heterocycles. The van der Waals surface area contributed by atoms with E-state index in [-0.39, 0.29) is 11.8 Å². The third kappa shape index (κ3) is 7.87. The van der Waals surface area contributed by atoms with Crippen molar-refractivity contribution < 1.29 is 9.59 Å². The zero-order valence-corrected chi connectivity index (χ0v) is 20.4. The van der Waals surface area contributed by atoms with Gasteiger partial charge in [-0.3, -0.25) is 9.59 Å².